The number of carbonyl (C=O) groups is 2. The van der Waals surface area contributed by atoms with Gasteiger partial charge in [-0.1, -0.05) is 62.1 Å². The lowest BCUT2D eigenvalue weighted by Crippen LogP contribution is -2.51. The fourth-order valence-electron chi connectivity index (χ4n) is 4.90. The summed E-state index contributed by atoms with van der Waals surface area (Å²) in [5.41, 5.74) is 3.17. The van der Waals surface area contributed by atoms with E-state index in [0.717, 1.165) is 42.4 Å². The van der Waals surface area contributed by atoms with E-state index < -0.39 is 6.04 Å². The predicted octanol–water partition coefficient (Wildman–Crippen LogP) is 5.20. The van der Waals surface area contributed by atoms with E-state index in [9.17, 15) is 9.59 Å². The van der Waals surface area contributed by atoms with Crippen molar-refractivity contribution in [3.05, 3.63) is 59.2 Å². The van der Waals surface area contributed by atoms with Crippen LogP contribution in [0.15, 0.2) is 42.5 Å². The van der Waals surface area contributed by atoms with Gasteiger partial charge in [-0.3, -0.25) is 9.59 Å². The number of benzene rings is 2. The van der Waals surface area contributed by atoms with Gasteiger partial charge in [-0.15, -0.1) is 0 Å². The standard InChI is InChI=1S/C29H40N2O4/c1-5-25(29(33)30-24-12-7-6-8-13-24)31(20-23-11-9-10-21(2)18-23)28(32)17-15-22-14-16-26(34-3)27(19-22)35-4/h9-11,14,16,18-19,24-25H,5-8,12-13,15,17,20H2,1-4H3,(H,30,33). The van der Waals surface area contributed by atoms with Gasteiger partial charge in [0, 0.05) is 19.0 Å². The molecule has 1 aliphatic rings. The van der Waals surface area contributed by atoms with Crippen molar-refractivity contribution in [3.63, 3.8) is 0 Å². The third-order valence-corrected chi connectivity index (χ3v) is 6.85. The Morgan fingerprint density at radius 1 is 1.00 bits per heavy atom. The molecule has 0 saturated heterocycles. The Morgan fingerprint density at radius 2 is 1.74 bits per heavy atom. The van der Waals surface area contributed by atoms with Gasteiger partial charge in [0.25, 0.3) is 0 Å². The molecule has 2 amide bonds. The van der Waals surface area contributed by atoms with E-state index in [0.29, 0.717) is 37.3 Å². The topological polar surface area (TPSA) is 67.9 Å². The van der Waals surface area contributed by atoms with Gasteiger partial charge in [0.1, 0.15) is 6.04 Å². The van der Waals surface area contributed by atoms with Crippen LogP contribution in [0.3, 0.4) is 0 Å². The summed E-state index contributed by atoms with van der Waals surface area (Å²) in [4.78, 5) is 28.7. The van der Waals surface area contributed by atoms with Crippen molar-refractivity contribution in [2.45, 2.75) is 83.8 Å². The molecule has 35 heavy (non-hydrogen) atoms. The van der Waals surface area contributed by atoms with Gasteiger partial charge >= 0.3 is 0 Å². The summed E-state index contributed by atoms with van der Waals surface area (Å²) in [6.07, 6.45) is 7.03. The number of hydrogen-bond acceptors (Lipinski definition) is 4. The zero-order valence-electron chi connectivity index (χ0n) is 21.6. The van der Waals surface area contributed by atoms with Gasteiger partial charge in [0.15, 0.2) is 11.5 Å². The van der Waals surface area contributed by atoms with Crippen LogP contribution in [0.25, 0.3) is 0 Å². The third-order valence-electron chi connectivity index (χ3n) is 6.85. The van der Waals surface area contributed by atoms with Crippen molar-refractivity contribution < 1.29 is 19.1 Å². The number of carbonyl (C=O) groups excluding carboxylic acids is 2. The maximum absolute atomic E-state index is 13.6. The number of rotatable bonds is 11. The molecule has 1 atom stereocenters. The molecule has 0 aliphatic heterocycles. The van der Waals surface area contributed by atoms with Crippen molar-refractivity contribution in [2.75, 3.05) is 14.2 Å². The Morgan fingerprint density at radius 3 is 2.40 bits per heavy atom. The second kappa shape index (κ2) is 13.2. The highest BCUT2D eigenvalue weighted by Crippen LogP contribution is 2.28. The van der Waals surface area contributed by atoms with E-state index in [1.165, 1.54) is 6.42 Å². The number of nitrogens with one attached hydrogen (secondary N) is 1. The fraction of sp³-hybridized carbons (Fsp3) is 0.517. The van der Waals surface area contributed by atoms with Gasteiger partial charge < -0.3 is 19.7 Å². The summed E-state index contributed by atoms with van der Waals surface area (Å²) in [5, 5.41) is 3.24. The molecule has 190 valence electrons. The van der Waals surface area contributed by atoms with Crippen LogP contribution in [0.2, 0.25) is 0 Å². The van der Waals surface area contributed by atoms with Crippen LogP contribution >= 0.6 is 0 Å². The Labute approximate surface area is 210 Å². The molecule has 2 aromatic carbocycles. The Kier molecular flexibility index (Phi) is 10.0. The molecule has 1 N–H and O–H groups in total. The van der Waals surface area contributed by atoms with Crippen LogP contribution < -0.4 is 14.8 Å². The first-order valence-corrected chi connectivity index (χ1v) is 12.8. The Hall–Kier alpha value is -3.02. The summed E-state index contributed by atoms with van der Waals surface area (Å²) in [6, 6.07) is 13.6. The summed E-state index contributed by atoms with van der Waals surface area (Å²) in [6.45, 7) is 4.44. The largest absolute Gasteiger partial charge is 0.493 e. The minimum atomic E-state index is -0.490. The van der Waals surface area contributed by atoms with Crippen molar-refractivity contribution in [3.8, 4) is 11.5 Å². The molecule has 0 radical (unpaired) electrons. The molecule has 0 bridgehead atoms. The number of methoxy groups -OCH3 is 2. The summed E-state index contributed by atoms with van der Waals surface area (Å²) in [5.74, 6) is 1.25. The highest BCUT2D eigenvalue weighted by Gasteiger charge is 2.30. The number of ether oxygens (including phenoxy) is 2. The lowest BCUT2D eigenvalue weighted by Gasteiger charge is -2.33. The molecule has 6 nitrogen and oxygen atoms in total. The average Bonchev–Trinajstić information content (AvgIpc) is 2.87. The molecule has 3 rings (SSSR count). The molecule has 1 unspecified atom stereocenters. The van der Waals surface area contributed by atoms with Gasteiger partial charge in [-0.25, -0.2) is 0 Å². The molecule has 0 heterocycles. The van der Waals surface area contributed by atoms with E-state index in [4.69, 9.17) is 9.47 Å². The van der Waals surface area contributed by atoms with Crippen LogP contribution in [-0.4, -0.2) is 43.0 Å². The third kappa shape index (κ3) is 7.48. The predicted molar refractivity (Wildman–Crippen MR) is 139 cm³/mol. The molecule has 1 fully saturated rings. The SMILES string of the molecule is CCC(C(=O)NC1CCCCC1)N(Cc1cccc(C)c1)C(=O)CCc1ccc(OC)c(OC)c1. The van der Waals surface area contributed by atoms with Crippen molar-refractivity contribution >= 4 is 11.8 Å². The van der Waals surface area contributed by atoms with E-state index in [2.05, 4.69) is 11.4 Å². The summed E-state index contributed by atoms with van der Waals surface area (Å²) < 4.78 is 10.7. The minimum Gasteiger partial charge on any atom is -0.493 e. The molecule has 0 aromatic heterocycles. The summed E-state index contributed by atoms with van der Waals surface area (Å²) in [7, 11) is 3.21. The van der Waals surface area contributed by atoms with Crippen LogP contribution in [0, 0.1) is 6.92 Å². The van der Waals surface area contributed by atoms with E-state index in [1.54, 1.807) is 19.1 Å². The Bertz CT molecular complexity index is 984. The molecular weight excluding hydrogens is 440 g/mol. The second-order valence-electron chi connectivity index (χ2n) is 9.47. The number of aryl methyl sites for hydroxylation is 2. The minimum absolute atomic E-state index is 0.0214. The zero-order chi connectivity index (χ0) is 25.2. The summed E-state index contributed by atoms with van der Waals surface area (Å²) >= 11 is 0. The van der Waals surface area contributed by atoms with Gasteiger partial charge in [-0.2, -0.15) is 0 Å². The molecule has 0 spiro atoms. The normalized spacial score (nSPS) is 14.7. The van der Waals surface area contributed by atoms with Gasteiger partial charge in [0.2, 0.25) is 11.8 Å². The maximum Gasteiger partial charge on any atom is 0.243 e. The quantitative estimate of drug-likeness (QED) is 0.480. The molecule has 1 aliphatic carbocycles. The molecular formula is C29H40N2O4. The second-order valence-corrected chi connectivity index (χ2v) is 9.47. The monoisotopic (exact) mass is 480 g/mol. The van der Waals surface area contributed by atoms with Gasteiger partial charge in [-0.05, 0) is 55.9 Å². The van der Waals surface area contributed by atoms with Crippen LogP contribution in [0.5, 0.6) is 11.5 Å². The van der Waals surface area contributed by atoms with E-state index >= 15 is 0 Å². The smallest absolute Gasteiger partial charge is 0.243 e. The Balaban J connectivity index is 1.76. The zero-order valence-corrected chi connectivity index (χ0v) is 21.6. The lowest BCUT2D eigenvalue weighted by molar-refractivity contribution is -0.141. The first-order chi connectivity index (χ1) is 16.9. The van der Waals surface area contributed by atoms with E-state index in [1.807, 2.05) is 50.2 Å². The highest BCUT2D eigenvalue weighted by atomic mass is 16.5. The number of amides is 2. The van der Waals surface area contributed by atoms with Crippen LogP contribution in [0.1, 0.15) is 68.6 Å². The van der Waals surface area contributed by atoms with Crippen LogP contribution in [-0.2, 0) is 22.6 Å². The van der Waals surface area contributed by atoms with E-state index in [-0.39, 0.29) is 17.9 Å². The van der Waals surface area contributed by atoms with Gasteiger partial charge in [0.05, 0.1) is 14.2 Å². The average molecular weight is 481 g/mol. The van der Waals surface area contributed by atoms with Crippen molar-refractivity contribution in [1.82, 2.24) is 10.2 Å². The molecule has 2 aromatic rings. The first-order valence-electron chi connectivity index (χ1n) is 12.8. The van der Waals surface area contributed by atoms with Crippen molar-refractivity contribution in [2.24, 2.45) is 0 Å². The first kappa shape index (κ1) is 26.6. The van der Waals surface area contributed by atoms with Crippen molar-refractivity contribution in [1.29, 1.82) is 0 Å². The molecule has 6 heteroatoms. The number of nitrogens with zero attached hydrogens (tertiary/aromatic N) is 1. The fourth-order valence-corrected chi connectivity index (χ4v) is 4.90. The lowest BCUT2D eigenvalue weighted by atomic mass is 9.95. The number of hydrogen-bond donors (Lipinski definition) is 1. The molecule has 1 saturated carbocycles. The van der Waals surface area contributed by atoms with Crippen LogP contribution in [0.4, 0.5) is 0 Å². The highest BCUT2D eigenvalue weighted by molar-refractivity contribution is 5.88. The maximum atomic E-state index is 13.6.